The second-order valence-electron chi connectivity index (χ2n) is 5.47. The third-order valence-electron chi connectivity index (χ3n) is 4.02. The van der Waals surface area contributed by atoms with Gasteiger partial charge in [0.05, 0.1) is 6.54 Å². The van der Waals surface area contributed by atoms with Crippen LogP contribution in [0.15, 0.2) is 33.7 Å². The Morgan fingerprint density at radius 1 is 1.21 bits per heavy atom. The molecule has 1 N–H and O–H groups in total. The van der Waals surface area contributed by atoms with E-state index in [1.165, 1.54) is 43.4 Å². The SMILES string of the molecule is Brc1ccccc1CN=C1NC2(CCCCC2)CS1. The van der Waals surface area contributed by atoms with E-state index in [-0.39, 0.29) is 0 Å². The third kappa shape index (κ3) is 3.16. The molecule has 0 amide bonds. The van der Waals surface area contributed by atoms with Crippen LogP contribution >= 0.6 is 27.7 Å². The molecule has 0 aromatic heterocycles. The summed E-state index contributed by atoms with van der Waals surface area (Å²) >= 11 is 5.48. The zero-order valence-electron chi connectivity index (χ0n) is 11.0. The van der Waals surface area contributed by atoms with Crippen molar-refractivity contribution in [2.24, 2.45) is 4.99 Å². The van der Waals surface area contributed by atoms with Gasteiger partial charge in [0, 0.05) is 15.8 Å². The monoisotopic (exact) mass is 338 g/mol. The third-order valence-corrected chi connectivity index (χ3v) is 5.99. The molecular formula is C15H19BrN2S. The quantitative estimate of drug-likeness (QED) is 0.867. The van der Waals surface area contributed by atoms with Gasteiger partial charge in [-0.15, -0.1) is 0 Å². The number of amidine groups is 1. The molecule has 1 aromatic carbocycles. The summed E-state index contributed by atoms with van der Waals surface area (Å²) in [6.07, 6.45) is 6.76. The van der Waals surface area contributed by atoms with Crippen LogP contribution in [0.2, 0.25) is 0 Å². The first-order valence-electron chi connectivity index (χ1n) is 6.96. The van der Waals surface area contributed by atoms with Gasteiger partial charge in [-0.25, -0.2) is 0 Å². The van der Waals surface area contributed by atoms with Gasteiger partial charge in [0.1, 0.15) is 0 Å². The Kier molecular flexibility index (Phi) is 4.18. The van der Waals surface area contributed by atoms with Crippen LogP contribution in [0, 0.1) is 0 Å². The van der Waals surface area contributed by atoms with Gasteiger partial charge in [0.15, 0.2) is 5.17 Å². The summed E-state index contributed by atoms with van der Waals surface area (Å²) in [5, 5.41) is 4.83. The highest BCUT2D eigenvalue weighted by Crippen LogP contribution is 2.36. The number of benzene rings is 1. The van der Waals surface area contributed by atoms with Crippen molar-refractivity contribution >= 4 is 32.9 Å². The summed E-state index contributed by atoms with van der Waals surface area (Å²) in [5.41, 5.74) is 1.61. The molecule has 1 spiro atoms. The summed E-state index contributed by atoms with van der Waals surface area (Å²) in [6.45, 7) is 0.757. The zero-order valence-corrected chi connectivity index (χ0v) is 13.4. The number of aliphatic imine (C=N–C) groups is 1. The van der Waals surface area contributed by atoms with Gasteiger partial charge in [-0.05, 0) is 24.5 Å². The summed E-state index contributed by atoms with van der Waals surface area (Å²) in [4.78, 5) is 4.74. The fourth-order valence-electron chi connectivity index (χ4n) is 2.87. The van der Waals surface area contributed by atoms with Crippen molar-refractivity contribution in [2.45, 2.75) is 44.2 Å². The van der Waals surface area contributed by atoms with Crippen LogP contribution in [-0.2, 0) is 6.54 Å². The van der Waals surface area contributed by atoms with E-state index in [0.717, 1.165) is 16.2 Å². The smallest absolute Gasteiger partial charge is 0.157 e. The van der Waals surface area contributed by atoms with Crippen LogP contribution in [0.5, 0.6) is 0 Å². The average Bonchev–Trinajstić information content (AvgIpc) is 2.82. The maximum Gasteiger partial charge on any atom is 0.157 e. The molecule has 0 atom stereocenters. The van der Waals surface area contributed by atoms with Gasteiger partial charge in [-0.1, -0.05) is 65.2 Å². The van der Waals surface area contributed by atoms with Crippen LogP contribution in [0.3, 0.4) is 0 Å². The molecule has 1 aromatic rings. The van der Waals surface area contributed by atoms with E-state index in [1.54, 1.807) is 0 Å². The van der Waals surface area contributed by atoms with E-state index in [9.17, 15) is 0 Å². The molecule has 1 aliphatic carbocycles. The highest BCUT2D eigenvalue weighted by Gasteiger charge is 2.37. The number of rotatable bonds is 2. The van der Waals surface area contributed by atoms with Crippen molar-refractivity contribution in [3.05, 3.63) is 34.3 Å². The lowest BCUT2D eigenvalue weighted by Crippen LogP contribution is -2.45. The number of hydrogen-bond acceptors (Lipinski definition) is 2. The molecule has 2 aliphatic rings. The maximum atomic E-state index is 4.74. The van der Waals surface area contributed by atoms with Crippen LogP contribution < -0.4 is 5.32 Å². The molecular weight excluding hydrogens is 320 g/mol. The Bertz CT molecular complexity index is 481. The van der Waals surface area contributed by atoms with E-state index < -0.39 is 0 Å². The van der Waals surface area contributed by atoms with Gasteiger partial charge in [-0.2, -0.15) is 0 Å². The topological polar surface area (TPSA) is 24.4 Å². The molecule has 2 nitrogen and oxygen atoms in total. The molecule has 0 radical (unpaired) electrons. The summed E-state index contributed by atoms with van der Waals surface area (Å²) in [6, 6.07) is 8.32. The molecule has 2 fully saturated rings. The summed E-state index contributed by atoms with van der Waals surface area (Å²) in [7, 11) is 0. The van der Waals surface area contributed by atoms with Crippen molar-refractivity contribution < 1.29 is 0 Å². The molecule has 4 heteroatoms. The predicted molar refractivity (Wildman–Crippen MR) is 86.7 cm³/mol. The minimum absolute atomic E-state index is 0.357. The van der Waals surface area contributed by atoms with Crippen molar-refractivity contribution in [2.75, 3.05) is 5.75 Å². The summed E-state index contributed by atoms with van der Waals surface area (Å²) in [5.74, 6) is 1.20. The Labute approximate surface area is 127 Å². The predicted octanol–water partition coefficient (Wildman–Crippen LogP) is 4.34. The highest BCUT2D eigenvalue weighted by atomic mass is 79.9. The standard InChI is InChI=1S/C15H19BrN2S/c16-13-7-3-2-6-12(13)10-17-14-18-15(11-19-14)8-4-1-5-9-15/h2-3,6-7H,1,4-5,8-11H2,(H,17,18). The van der Waals surface area contributed by atoms with Crippen molar-refractivity contribution in [3.8, 4) is 0 Å². The first-order chi connectivity index (χ1) is 9.27. The van der Waals surface area contributed by atoms with Crippen LogP contribution in [0.25, 0.3) is 0 Å². The van der Waals surface area contributed by atoms with Gasteiger partial charge in [0.25, 0.3) is 0 Å². The van der Waals surface area contributed by atoms with Gasteiger partial charge < -0.3 is 5.32 Å². The van der Waals surface area contributed by atoms with Crippen molar-refractivity contribution in [1.29, 1.82) is 0 Å². The molecule has 1 saturated carbocycles. The Balaban J connectivity index is 1.64. The highest BCUT2D eigenvalue weighted by molar-refractivity contribution is 9.10. The summed E-state index contributed by atoms with van der Waals surface area (Å²) < 4.78 is 1.15. The molecule has 3 rings (SSSR count). The second kappa shape index (κ2) is 5.88. The molecule has 0 bridgehead atoms. The minimum atomic E-state index is 0.357. The van der Waals surface area contributed by atoms with Gasteiger partial charge >= 0.3 is 0 Å². The number of hydrogen-bond donors (Lipinski definition) is 1. The minimum Gasteiger partial charge on any atom is -0.359 e. The van der Waals surface area contributed by atoms with Gasteiger partial charge in [-0.3, -0.25) is 4.99 Å². The first-order valence-corrected chi connectivity index (χ1v) is 8.74. The van der Waals surface area contributed by atoms with E-state index in [2.05, 4.69) is 39.4 Å². The molecule has 102 valence electrons. The van der Waals surface area contributed by atoms with Crippen LogP contribution in [-0.4, -0.2) is 16.5 Å². The molecule has 1 saturated heterocycles. The lowest BCUT2D eigenvalue weighted by atomic mass is 9.83. The first kappa shape index (κ1) is 13.5. The normalized spacial score (nSPS) is 23.7. The largest absolute Gasteiger partial charge is 0.359 e. The average molecular weight is 339 g/mol. The van der Waals surface area contributed by atoms with Crippen molar-refractivity contribution in [1.82, 2.24) is 5.32 Å². The number of halogens is 1. The lowest BCUT2D eigenvalue weighted by Gasteiger charge is -2.32. The Morgan fingerprint density at radius 3 is 2.79 bits per heavy atom. The molecule has 1 aliphatic heterocycles. The number of nitrogens with zero attached hydrogens (tertiary/aromatic N) is 1. The Morgan fingerprint density at radius 2 is 2.00 bits per heavy atom. The van der Waals surface area contributed by atoms with E-state index >= 15 is 0 Å². The lowest BCUT2D eigenvalue weighted by molar-refractivity contribution is 0.303. The fourth-order valence-corrected chi connectivity index (χ4v) is 4.50. The fraction of sp³-hybridized carbons (Fsp3) is 0.533. The zero-order chi connectivity index (χ0) is 13.1. The second-order valence-corrected chi connectivity index (χ2v) is 7.29. The van der Waals surface area contributed by atoms with Crippen LogP contribution in [0.1, 0.15) is 37.7 Å². The van der Waals surface area contributed by atoms with Gasteiger partial charge in [0.2, 0.25) is 0 Å². The van der Waals surface area contributed by atoms with Crippen molar-refractivity contribution in [3.63, 3.8) is 0 Å². The molecule has 1 heterocycles. The van der Waals surface area contributed by atoms with E-state index in [1.807, 2.05) is 17.8 Å². The van der Waals surface area contributed by atoms with Crippen LogP contribution in [0.4, 0.5) is 0 Å². The molecule has 19 heavy (non-hydrogen) atoms. The van der Waals surface area contributed by atoms with E-state index in [0.29, 0.717) is 5.54 Å². The maximum absolute atomic E-state index is 4.74. The number of nitrogens with one attached hydrogen (secondary N) is 1. The Hall–Kier alpha value is -0.480. The van der Waals surface area contributed by atoms with E-state index in [4.69, 9.17) is 4.99 Å². The number of thioether (sulfide) groups is 1. The molecule has 0 unspecified atom stereocenters.